The average Bonchev–Trinajstić information content (AvgIpc) is 2.18. The van der Waals surface area contributed by atoms with Gasteiger partial charge in [0.2, 0.25) is 0 Å². The van der Waals surface area contributed by atoms with Crippen molar-refractivity contribution in [2.45, 2.75) is 6.36 Å². The molecular formula is C8H4F3N3O3. The summed E-state index contributed by atoms with van der Waals surface area (Å²) in [5.74, 6) is -3.44. The van der Waals surface area contributed by atoms with Crippen molar-refractivity contribution in [3.05, 3.63) is 17.3 Å². The molecule has 0 saturated carbocycles. The fraction of sp³-hybridized carbons (Fsp3) is 0.125. The summed E-state index contributed by atoms with van der Waals surface area (Å²) in [6.45, 7) is 0. The normalized spacial score (nSPS) is 10.7. The van der Waals surface area contributed by atoms with Gasteiger partial charge in [-0.3, -0.25) is 0 Å². The number of nitriles is 1. The van der Waals surface area contributed by atoms with E-state index in [1.54, 1.807) is 0 Å². The second kappa shape index (κ2) is 4.17. The summed E-state index contributed by atoms with van der Waals surface area (Å²) < 4.78 is 39.5. The summed E-state index contributed by atoms with van der Waals surface area (Å²) >= 11 is 0. The number of hydrogen-bond acceptors (Lipinski definition) is 5. The molecule has 1 heterocycles. The van der Waals surface area contributed by atoms with Crippen molar-refractivity contribution in [3.8, 4) is 11.8 Å². The lowest BCUT2D eigenvalue weighted by atomic mass is 10.1. The van der Waals surface area contributed by atoms with Gasteiger partial charge in [0.15, 0.2) is 11.6 Å². The topological polar surface area (TPSA) is 109 Å². The zero-order valence-electron chi connectivity index (χ0n) is 7.95. The Labute approximate surface area is 92.0 Å². The van der Waals surface area contributed by atoms with Gasteiger partial charge in [0.1, 0.15) is 11.6 Å². The van der Waals surface area contributed by atoms with Gasteiger partial charge in [-0.05, 0) is 0 Å². The summed E-state index contributed by atoms with van der Waals surface area (Å²) in [6.07, 6.45) is -4.42. The molecule has 0 spiro atoms. The molecule has 0 saturated heterocycles. The number of hydrogen-bond donors (Lipinski definition) is 2. The summed E-state index contributed by atoms with van der Waals surface area (Å²) in [4.78, 5) is 13.9. The van der Waals surface area contributed by atoms with Gasteiger partial charge in [0, 0.05) is 6.20 Å². The van der Waals surface area contributed by atoms with Crippen LogP contribution in [0.2, 0.25) is 0 Å². The number of aromatic carboxylic acids is 1. The van der Waals surface area contributed by atoms with Crippen LogP contribution < -0.4 is 10.5 Å². The van der Waals surface area contributed by atoms with Crippen LogP contribution in [0.4, 0.5) is 19.0 Å². The maximum Gasteiger partial charge on any atom is 0.573 e. The molecule has 17 heavy (non-hydrogen) atoms. The fourth-order valence-electron chi connectivity index (χ4n) is 1.000. The van der Waals surface area contributed by atoms with Crippen LogP contribution in [0.5, 0.6) is 5.75 Å². The van der Waals surface area contributed by atoms with Gasteiger partial charge >= 0.3 is 12.3 Å². The van der Waals surface area contributed by atoms with E-state index in [0.29, 0.717) is 6.20 Å². The van der Waals surface area contributed by atoms with Crippen molar-refractivity contribution in [3.63, 3.8) is 0 Å². The molecule has 90 valence electrons. The summed E-state index contributed by atoms with van der Waals surface area (Å²) in [5, 5.41) is 17.3. The number of halogens is 3. The number of anilines is 1. The molecule has 3 N–H and O–H groups in total. The highest BCUT2D eigenvalue weighted by molar-refractivity contribution is 5.92. The molecule has 0 unspecified atom stereocenters. The number of nitrogen functional groups attached to an aromatic ring is 1. The molecule has 1 aromatic rings. The summed E-state index contributed by atoms with van der Waals surface area (Å²) in [7, 11) is 0. The molecule has 1 rings (SSSR count). The van der Waals surface area contributed by atoms with E-state index >= 15 is 0 Å². The molecule has 0 aliphatic rings. The number of carboxylic acid groups (broad SMARTS) is 1. The predicted octanol–water partition coefficient (Wildman–Crippen LogP) is 1.13. The van der Waals surface area contributed by atoms with Gasteiger partial charge in [-0.25, -0.2) is 9.78 Å². The summed E-state index contributed by atoms with van der Waals surface area (Å²) in [5.41, 5.74) is 3.54. The SMILES string of the molecule is N#Cc1c(C(=O)O)cnc(N)c1OC(F)(F)F. The first-order chi connectivity index (χ1) is 7.76. The lowest BCUT2D eigenvalue weighted by Crippen LogP contribution is -2.20. The minimum Gasteiger partial charge on any atom is -0.478 e. The quantitative estimate of drug-likeness (QED) is 0.810. The smallest absolute Gasteiger partial charge is 0.478 e. The highest BCUT2D eigenvalue weighted by atomic mass is 19.4. The molecular weight excluding hydrogens is 243 g/mol. The predicted molar refractivity (Wildman–Crippen MR) is 47.0 cm³/mol. The van der Waals surface area contributed by atoms with E-state index < -0.39 is 35.0 Å². The zero-order chi connectivity index (χ0) is 13.2. The van der Waals surface area contributed by atoms with E-state index in [2.05, 4.69) is 9.72 Å². The summed E-state index contributed by atoms with van der Waals surface area (Å²) in [6, 6.07) is 1.28. The number of pyridine rings is 1. The van der Waals surface area contributed by atoms with Crippen molar-refractivity contribution < 1.29 is 27.8 Å². The molecule has 0 fully saturated rings. The number of carboxylic acids is 1. The van der Waals surface area contributed by atoms with E-state index in [1.165, 1.54) is 6.07 Å². The number of ether oxygens (including phenoxy) is 1. The van der Waals surface area contributed by atoms with E-state index in [0.717, 1.165) is 0 Å². The molecule has 9 heteroatoms. The molecule has 1 aromatic heterocycles. The van der Waals surface area contributed by atoms with Crippen molar-refractivity contribution in [1.29, 1.82) is 5.26 Å². The van der Waals surface area contributed by atoms with Gasteiger partial charge in [-0.2, -0.15) is 5.26 Å². The van der Waals surface area contributed by atoms with Gasteiger partial charge < -0.3 is 15.6 Å². The third-order valence-electron chi connectivity index (χ3n) is 1.62. The van der Waals surface area contributed by atoms with E-state index in [-0.39, 0.29) is 0 Å². The number of aromatic nitrogens is 1. The van der Waals surface area contributed by atoms with Crippen molar-refractivity contribution >= 4 is 11.8 Å². The van der Waals surface area contributed by atoms with Crippen LogP contribution in [0.1, 0.15) is 15.9 Å². The number of nitrogens with two attached hydrogens (primary N) is 1. The maximum atomic E-state index is 12.0. The lowest BCUT2D eigenvalue weighted by molar-refractivity contribution is -0.274. The standard InChI is InChI=1S/C8H4F3N3O3/c9-8(10,11)17-5-3(1-12)4(7(15)16)2-14-6(5)13/h2H,(H2,13,14)(H,15,16). The minimum absolute atomic E-state index is 0.680. The number of nitrogens with zero attached hydrogens (tertiary/aromatic N) is 2. The average molecular weight is 247 g/mol. The third-order valence-corrected chi connectivity index (χ3v) is 1.62. The molecule has 0 amide bonds. The molecule has 6 nitrogen and oxygen atoms in total. The lowest BCUT2D eigenvalue weighted by Gasteiger charge is -2.12. The van der Waals surface area contributed by atoms with Crippen molar-refractivity contribution in [2.24, 2.45) is 0 Å². The van der Waals surface area contributed by atoms with Crippen LogP contribution in [-0.4, -0.2) is 22.4 Å². The van der Waals surface area contributed by atoms with Crippen LogP contribution in [0.25, 0.3) is 0 Å². The van der Waals surface area contributed by atoms with Crippen molar-refractivity contribution in [2.75, 3.05) is 5.73 Å². The van der Waals surface area contributed by atoms with Crippen LogP contribution in [0, 0.1) is 11.3 Å². The van der Waals surface area contributed by atoms with Crippen LogP contribution in [0.15, 0.2) is 6.20 Å². The van der Waals surface area contributed by atoms with Gasteiger partial charge in [-0.15, -0.1) is 13.2 Å². The monoisotopic (exact) mass is 247 g/mol. The van der Waals surface area contributed by atoms with E-state index in [1.807, 2.05) is 0 Å². The Bertz CT molecular complexity index is 507. The van der Waals surface area contributed by atoms with Crippen LogP contribution in [0.3, 0.4) is 0 Å². The molecule has 0 atom stereocenters. The molecule has 0 aromatic carbocycles. The molecule has 0 aliphatic heterocycles. The fourth-order valence-corrected chi connectivity index (χ4v) is 1.000. The number of carbonyl (C=O) groups is 1. The van der Waals surface area contributed by atoms with Gasteiger partial charge in [-0.1, -0.05) is 0 Å². The molecule has 0 aliphatic carbocycles. The van der Waals surface area contributed by atoms with Gasteiger partial charge in [0.05, 0.1) is 5.56 Å². The Morgan fingerprint density at radius 3 is 2.59 bits per heavy atom. The first-order valence-corrected chi connectivity index (χ1v) is 3.94. The van der Waals surface area contributed by atoms with Crippen LogP contribution in [-0.2, 0) is 0 Å². The molecule has 0 radical (unpaired) electrons. The van der Waals surface area contributed by atoms with E-state index in [4.69, 9.17) is 16.1 Å². The minimum atomic E-state index is -5.10. The van der Waals surface area contributed by atoms with Gasteiger partial charge in [0.25, 0.3) is 0 Å². The Balaban J connectivity index is 3.42. The Kier molecular flexibility index (Phi) is 3.08. The Morgan fingerprint density at radius 1 is 1.59 bits per heavy atom. The second-order valence-corrected chi connectivity index (χ2v) is 2.73. The van der Waals surface area contributed by atoms with Crippen LogP contribution >= 0.6 is 0 Å². The maximum absolute atomic E-state index is 12.0. The number of alkyl halides is 3. The first-order valence-electron chi connectivity index (χ1n) is 3.94. The van der Waals surface area contributed by atoms with E-state index in [9.17, 15) is 18.0 Å². The Morgan fingerprint density at radius 2 is 2.18 bits per heavy atom. The highest BCUT2D eigenvalue weighted by Gasteiger charge is 2.34. The first kappa shape index (κ1) is 12.6. The second-order valence-electron chi connectivity index (χ2n) is 2.73. The number of rotatable bonds is 2. The Hall–Kier alpha value is -2.50. The zero-order valence-corrected chi connectivity index (χ0v) is 7.95. The van der Waals surface area contributed by atoms with Crippen molar-refractivity contribution in [1.82, 2.24) is 4.98 Å². The highest BCUT2D eigenvalue weighted by Crippen LogP contribution is 2.32. The third kappa shape index (κ3) is 2.75. The molecule has 0 bridgehead atoms. The largest absolute Gasteiger partial charge is 0.573 e.